The topological polar surface area (TPSA) is 75.6 Å². The van der Waals surface area contributed by atoms with Gasteiger partial charge in [0.2, 0.25) is 0 Å². The average Bonchev–Trinajstić information content (AvgIpc) is 2.24. The molecule has 8 heteroatoms. The minimum Gasteiger partial charge on any atom is -0.478 e. The van der Waals surface area contributed by atoms with E-state index in [1.54, 1.807) is 20.8 Å². The normalized spacial score (nSPS) is 11.9. The highest BCUT2D eigenvalue weighted by molar-refractivity contribution is 5.99. The highest BCUT2D eigenvalue weighted by Gasteiger charge is 2.32. The van der Waals surface area contributed by atoms with Crippen LogP contribution in [0.5, 0.6) is 0 Å². The first-order valence-corrected chi connectivity index (χ1v) is 5.85. The van der Waals surface area contributed by atoms with Crippen molar-refractivity contribution in [2.45, 2.75) is 32.5 Å². The number of carboxylic acid groups (broad SMARTS) is 1. The van der Waals surface area contributed by atoms with E-state index in [2.05, 4.69) is 0 Å². The molecule has 0 heterocycles. The van der Waals surface area contributed by atoms with Crippen LogP contribution in [0.1, 0.15) is 36.7 Å². The molecule has 1 rings (SSSR count). The van der Waals surface area contributed by atoms with Crippen molar-refractivity contribution in [3.63, 3.8) is 0 Å². The Labute approximate surface area is 118 Å². The largest absolute Gasteiger partial charge is 0.478 e. The number of amides is 1. The molecule has 21 heavy (non-hydrogen) atoms. The molecule has 0 aliphatic heterocycles. The number of benzene rings is 1. The molecule has 0 aliphatic rings. The first-order chi connectivity index (χ1) is 9.40. The van der Waals surface area contributed by atoms with Crippen molar-refractivity contribution in [1.82, 2.24) is 0 Å². The van der Waals surface area contributed by atoms with Crippen LogP contribution < -0.4 is 5.32 Å². The number of anilines is 1. The van der Waals surface area contributed by atoms with Gasteiger partial charge in [-0.3, -0.25) is 5.32 Å². The molecular formula is C13H14F3NO4. The summed E-state index contributed by atoms with van der Waals surface area (Å²) in [5.74, 6) is -1.46. The maximum absolute atomic E-state index is 12.6. The highest BCUT2D eigenvalue weighted by atomic mass is 19.4. The van der Waals surface area contributed by atoms with E-state index in [0.717, 1.165) is 6.07 Å². The Hall–Kier alpha value is -2.25. The quantitative estimate of drug-likeness (QED) is 0.872. The molecule has 0 saturated carbocycles. The number of alkyl halides is 3. The zero-order valence-electron chi connectivity index (χ0n) is 11.5. The van der Waals surface area contributed by atoms with Crippen LogP contribution in [0.2, 0.25) is 0 Å². The van der Waals surface area contributed by atoms with Gasteiger partial charge in [0, 0.05) is 0 Å². The SMILES string of the molecule is CC(C)(C)OC(=O)Nc1cc(C(F)(F)F)ccc1C(=O)O. The second-order valence-corrected chi connectivity index (χ2v) is 5.19. The van der Waals surface area contributed by atoms with Crippen molar-refractivity contribution in [2.75, 3.05) is 5.32 Å². The molecular weight excluding hydrogens is 291 g/mol. The zero-order valence-corrected chi connectivity index (χ0v) is 11.5. The summed E-state index contributed by atoms with van der Waals surface area (Å²) in [4.78, 5) is 22.5. The Balaban J connectivity index is 3.13. The molecule has 0 fully saturated rings. The maximum Gasteiger partial charge on any atom is 0.416 e. The molecule has 1 aromatic carbocycles. The van der Waals surface area contributed by atoms with Crippen molar-refractivity contribution in [3.05, 3.63) is 29.3 Å². The average molecular weight is 305 g/mol. The van der Waals surface area contributed by atoms with Gasteiger partial charge in [0.25, 0.3) is 0 Å². The number of halogens is 3. The third-order valence-corrected chi connectivity index (χ3v) is 2.21. The lowest BCUT2D eigenvalue weighted by Gasteiger charge is -2.20. The first kappa shape index (κ1) is 16.8. The number of rotatable bonds is 2. The van der Waals surface area contributed by atoms with Gasteiger partial charge in [0.15, 0.2) is 0 Å². The Morgan fingerprint density at radius 3 is 2.19 bits per heavy atom. The van der Waals surface area contributed by atoms with E-state index in [1.165, 1.54) is 0 Å². The van der Waals surface area contributed by atoms with Gasteiger partial charge >= 0.3 is 18.2 Å². The molecule has 2 N–H and O–H groups in total. The Kier molecular flexibility index (Phi) is 4.50. The van der Waals surface area contributed by atoms with Crippen LogP contribution in [-0.2, 0) is 10.9 Å². The minimum atomic E-state index is -4.65. The molecule has 0 bridgehead atoms. The van der Waals surface area contributed by atoms with Gasteiger partial charge in [-0.15, -0.1) is 0 Å². The van der Waals surface area contributed by atoms with Crippen LogP contribution >= 0.6 is 0 Å². The molecule has 116 valence electrons. The van der Waals surface area contributed by atoms with Gasteiger partial charge < -0.3 is 9.84 Å². The van der Waals surface area contributed by atoms with Crippen molar-refractivity contribution in [1.29, 1.82) is 0 Å². The second kappa shape index (κ2) is 5.63. The van der Waals surface area contributed by atoms with Gasteiger partial charge in [-0.1, -0.05) is 0 Å². The van der Waals surface area contributed by atoms with Crippen molar-refractivity contribution in [2.24, 2.45) is 0 Å². The van der Waals surface area contributed by atoms with Crippen LogP contribution in [0.25, 0.3) is 0 Å². The lowest BCUT2D eigenvalue weighted by molar-refractivity contribution is -0.137. The van der Waals surface area contributed by atoms with E-state index in [1.807, 2.05) is 5.32 Å². The second-order valence-electron chi connectivity index (χ2n) is 5.19. The fourth-order valence-corrected chi connectivity index (χ4v) is 1.42. The van der Waals surface area contributed by atoms with Gasteiger partial charge in [-0.2, -0.15) is 13.2 Å². The van der Waals surface area contributed by atoms with E-state index >= 15 is 0 Å². The Bertz CT molecular complexity index is 562. The predicted molar refractivity (Wildman–Crippen MR) is 68.3 cm³/mol. The lowest BCUT2D eigenvalue weighted by atomic mass is 10.1. The van der Waals surface area contributed by atoms with Crippen LogP contribution in [-0.4, -0.2) is 22.8 Å². The van der Waals surface area contributed by atoms with Crippen LogP contribution in [0.15, 0.2) is 18.2 Å². The fraction of sp³-hybridized carbons (Fsp3) is 0.385. The third kappa shape index (κ3) is 4.97. The minimum absolute atomic E-state index is 0.464. The van der Waals surface area contributed by atoms with E-state index in [9.17, 15) is 22.8 Å². The molecule has 5 nitrogen and oxygen atoms in total. The summed E-state index contributed by atoms with van der Waals surface area (Å²) in [7, 11) is 0. The molecule has 0 aliphatic carbocycles. The number of carbonyl (C=O) groups excluding carboxylic acids is 1. The smallest absolute Gasteiger partial charge is 0.416 e. The van der Waals surface area contributed by atoms with Gasteiger partial charge in [-0.05, 0) is 39.0 Å². The van der Waals surface area contributed by atoms with E-state index < -0.39 is 40.7 Å². The number of hydrogen-bond donors (Lipinski definition) is 2. The Morgan fingerprint density at radius 1 is 1.19 bits per heavy atom. The van der Waals surface area contributed by atoms with E-state index in [4.69, 9.17) is 9.84 Å². The fourth-order valence-electron chi connectivity index (χ4n) is 1.42. The van der Waals surface area contributed by atoms with Crippen molar-refractivity contribution < 1.29 is 32.6 Å². The summed E-state index contributed by atoms with van der Waals surface area (Å²) in [5, 5.41) is 11.0. The monoisotopic (exact) mass is 305 g/mol. The molecule has 1 aromatic rings. The van der Waals surface area contributed by atoms with Crippen LogP contribution in [0, 0.1) is 0 Å². The number of aromatic carboxylic acids is 1. The van der Waals surface area contributed by atoms with Gasteiger partial charge in [0.05, 0.1) is 16.8 Å². The van der Waals surface area contributed by atoms with Crippen LogP contribution in [0.3, 0.4) is 0 Å². The van der Waals surface area contributed by atoms with Gasteiger partial charge in [-0.25, -0.2) is 9.59 Å². The number of hydrogen-bond acceptors (Lipinski definition) is 3. The summed E-state index contributed by atoms with van der Waals surface area (Å²) in [5.41, 5.74) is -2.88. The Morgan fingerprint density at radius 2 is 1.76 bits per heavy atom. The van der Waals surface area contributed by atoms with Crippen molar-refractivity contribution >= 4 is 17.7 Å². The number of ether oxygens (including phenoxy) is 1. The first-order valence-electron chi connectivity index (χ1n) is 5.85. The summed E-state index contributed by atoms with van der Waals surface area (Å²) >= 11 is 0. The van der Waals surface area contributed by atoms with Gasteiger partial charge in [0.1, 0.15) is 5.60 Å². The molecule has 1 amide bonds. The van der Waals surface area contributed by atoms with E-state index in [-0.39, 0.29) is 0 Å². The number of carbonyl (C=O) groups is 2. The number of carboxylic acids is 1. The third-order valence-electron chi connectivity index (χ3n) is 2.21. The van der Waals surface area contributed by atoms with E-state index in [0.29, 0.717) is 12.1 Å². The lowest BCUT2D eigenvalue weighted by Crippen LogP contribution is -2.28. The molecule has 0 atom stereocenters. The maximum atomic E-state index is 12.6. The molecule has 0 spiro atoms. The number of nitrogens with one attached hydrogen (secondary N) is 1. The summed E-state index contributed by atoms with van der Waals surface area (Å²) in [6.45, 7) is 4.70. The predicted octanol–water partition coefficient (Wildman–Crippen LogP) is 3.75. The summed E-state index contributed by atoms with van der Waals surface area (Å²) in [6.07, 6.45) is -5.69. The molecule has 0 aromatic heterocycles. The van der Waals surface area contributed by atoms with Crippen LogP contribution in [0.4, 0.5) is 23.7 Å². The highest BCUT2D eigenvalue weighted by Crippen LogP contribution is 2.32. The summed E-state index contributed by atoms with van der Waals surface area (Å²) in [6, 6.07) is 1.95. The standard InChI is InChI=1S/C13H14F3NO4/c1-12(2,3)21-11(20)17-9-6-7(13(14,15)16)4-5-8(9)10(18)19/h4-6H,1-3H3,(H,17,20)(H,18,19). The zero-order chi connectivity index (χ0) is 16.4. The molecule has 0 unspecified atom stereocenters. The molecule has 0 radical (unpaired) electrons. The summed E-state index contributed by atoms with van der Waals surface area (Å²) < 4.78 is 42.7. The molecule has 0 saturated heterocycles. The van der Waals surface area contributed by atoms with Crippen molar-refractivity contribution in [3.8, 4) is 0 Å².